The molecule has 0 saturated heterocycles. The van der Waals surface area contributed by atoms with Gasteiger partial charge in [-0.15, -0.1) is 0 Å². The molecule has 1 atom stereocenters. The van der Waals surface area contributed by atoms with Crippen molar-refractivity contribution in [1.82, 2.24) is 15.1 Å². The number of nitrogens with one attached hydrogen (secondary N) is 1. The topological polar surface area (TPSA) is 29.9 Å². The molecule has 0 aromatic carbocycles. The highest BCUT2D eigenvalue weighted by Gasteiger charge is 2.33. The average molecular weight is 235 g/mol. The number of nitrogens with zero attached hydrogens (tertiary/aromatic N) is 2. The Morgan fingerprint density at radius 3 is 2.69 bits per heavy atom. The van der Waals surface area contributed by atoms with Gasteiger partial charge in [-0.2, -0.15) is 18.3 Å². The van der Waals surface area contributed by atoms with Gasteiger partial charge in [-0.1, -0.05) is 6.92 Å². The van der Waals surface area contributed by atoms with E-state index in [1.165, 1.54) is 10.9 Å². The summed E-state index contributed by atoms with van der Waals surface area (Å²) < 4.78 is 38.2. The van der Waals surface area contributed by atoms with E-state index in [4.69, 9.17) is 0 Å². The molecule has 0 aliphatic heterocycles. The molecule has 3 nitrogen and oxygen atoms in total. The van der Waals surface area contributed by atoms with E-state index in [1.807, 2.05) is 13.8 Å². The van der Waals surface area contributed by atoms with Crippen LogP contribution in [0.1, 0.15) is 32.0 Å². The molecule has 6 heteroatoms. The van der Waals surface area contributed by atoms with Gasteiger partial charge >= 0.3 is 6.18 Å². The van der Waals surface area contributed by atoms with Crippen LogP contribution in [0.3, 0.4) is 0 Å². The summed E-state index contributed by atoms with van der Waals surface area (Å²) in [5.74, 6) is 0. The van der Waals surface area contributed by atoms with Gasteiger partial charge in [0.05, 0.1) is 6.04 Å². The molecule has 16 heavy (non-hydrogen) atoms. The highest BCUT2D eigenvalue weighted by Crippen LogP contribution is 2.27. The minimum absolute atomic E-state index is 0.0809. The van der Waals surface area contributed by atoms with Crippen LogP contribution in [-0.2, 0) is 6.18 Å². The summed E-state index contributed by atoms with van der Waals surface area (Å²) in [5, 5.41) is 6.65. The first-order chi connectivity index (χ1) is 7.45. The van der Waals surface area contributed by atoms with Gasteiger partial charge in [0.1, 0.15) is 0 Å². The summed E-state index contributed by atoms with van der Waals surface area (Å²) in [6, 6.07) is 0.915. The quantitative estimate of drug-likeness (QED) is 0.794. The highest BCUT2D eigenvalue weighted by molar-refractivity contribution is 5.03. The first-order valence-electron chi connectivity index (χ1n) is 5.28. The van der Waals surface area contributed by atoms with E-state index in [2.05, 4.69) is 10.4 Å². The van der Waals surface area contributed by atoms with Crippen molar-refractivity contribution in [1.29, 1.82) is 0 Å². The van der Waals surface area contributed by atoms with Gasteiger partial charge in [0, 0.05) is 12.7 Å². The summed E-state index contributed by atoms with van der Waals surface area (Å²) in [5.41, 5.74) is -0.838. The number of rotatable bonds is 5. The predicted molar refractivity (Wildman–Crippen MR) is 55.1 cm³/mol. The molecule has 1 aromatic rings. The Kier molecular flexibility index (Phi) is 4.35. The Bertz CT molecular complexity index is 319. The first-order valence-corrected chi connectivity index (χ1v) is 5.28. The van der Waals surface area contributed by atoms with Crippen molar-refractivity contribution in [2.45, 2.75) is 32.5 Å². The zero-order valence-electron chi connectivity index (χ0n) is 9.38. The van der Waals surface area contributed by atoms with Crippen LogP contribution in [0.2, 0.25) is 0 Å². The number of aromatic nitrogens is 2. The van der Waals surface area contributed by atoms with E-state index in [9.17, 15) is 13.2 Å². The summed E-state index contributed by atoms with van der Waals surface area (Å²) in [4.78, 5) is 0. The third-order valence-electron chi connectivity index (χ3n) is 2.22. The van der Waals surface area contributed by atoms with Crippen molar-refractivity contribution in [2.24, 2.45) is 0 Å². The molecule has 0 aliphatic rings. The molecule has 1 unspecified atom stereocenters. The lowest BCUT2D eigenvalue weighted by Crippen LogP contribution is -2.24. The molecule has 0 spiro atoms. The predicted octanol–water partition coefficient (Wildman–Crippen LogP) is 2.46. The maximum Gasteiger partial charge on any atom is 0.435 e. The standard InChI is InChI=1S/C10H16F3N3/c1-3-5-14-7-8(2)16-6-4-9(15-16)10(11,12)13/h4,6,8,14H,3,5,7H2,1-2H3. The lowest BCUT2D eigenvalue weighted by molar-refractivity contribution is -0.141. The molecular weight excluding hydrogens is 219 g/mol. The van der Waals surface area contributed by atoms with Gasteiger partial charge in [-0.25, -0.2) is 0 Å². The van der Waals surface area contributed by atoms with Gasteiger partial charge in [-0.3, -0.25) is 4.68 Å². The van der Waals surface area contributed by atoms with Crippen LogP contribution < -0.4 is 5.32 Å². The second-order valence-electron chi connectivity index (χ2n) is 3.73. The number of halogens is 3. The van der Waals surface area contributed by atoms with Gasteiger partial charge < -0.3 is 5.32 Å². The van der Waals surface area contributed by atoms with E-state index in [-0.39, 0.29) is 6.04 Å². The van der Waals surface area contributed by atoms with Gasteiger partial charge in [0.2, 0.25) is 0 Å². The molecule has 1 aromatic heterocycles. The number of hydrogen-bond donors (Lipinski definition) is 1. The van der Waals surface area contributed by atoms with E-state index in [0.29, 0.717) is 6.54 Å². The van der Waals surface area contributed by atoms with E-state index < -0.39 is 11.9 Å². The zero-order chi connectivity index (χ0) is 12.2. The Morgan fingerprint density at radius 1 is 1.50 bits per heavy atom. The van der Waals surface area contributed by atoms with E-state index in [1.54, 1.807) is 0 Å². The van der Waals surface area contributed by atoms with Crippen molar-refractivity contribution in [2.75, 3.05) is 13.1 Å². The molecule has 1 N–H and O–H groups in total. The Hall–Kier alpha value is -1.04. The van der Waals surface area contributed by atoms with Crippen LogP contribution >= 0.6 is 0 Å². The molecule has 0 bridgehead atoms. The van der Waals surface area contributed by atoms with Crippen LogP contribution in [0.4, 0.5) is 13.2 Å². The van der Waals surface area contributed by atoms with Crippen molar-refractivity contribution < 1.29 is 13.2 Å². The zero-order valence-corrected chi connectivity index (χ0v) is 9.38. The van der Waals surface area contributed by atoms with Crippen molar-refractivity contribution in [3.63, 3.8) is 0 Å². The van der Waals surface area contributed by atoms with Crippen molar-refractivity contribution >= 4 is 0 Å². The highest BCUT2D eigenvalue weighted by atomic mass is 19.4. The molecule has 0 aliphatic carbocycles. The van der Waals surface area contributed by atoms with E-state index in [0.717, 1.165) is 19.0 Å². The van der Waals surface area contributed by atoms with Gasteiger partial charge in [0.15, 0.2) is 5.69 Å². The van der Waals surface area contributed by atoms with Crippen molar-refractivity contribution in [3.05, 3.63) is 18.0 Å². The fourth-order valence-corrected chi connectivity index (χ4v) is 1.32. The summed E-state index contributed by atoms with van der Waals surface area (Å²) in [6.07, 6.45) is -2.00. The van der Waals surface area contributed by atoms with E-state index >= 15 is 0 Å². The smallest absolute Gasteiger partial charge is 0.315 e. The first kappa shape index (κ1) is 13.0. The Labute approximate surface area is 92.6 Å². The SMILES string of the molecule is CCCNCC(C)n1ccc(C(F)(F)F)n1. The fraction of sp³-hybridized carbons (Fsp3) is 0.700. The maximum absolute atomic E-state index is 12.3. The fourth-order valence-electron chi connectivity index (χ4n) is 1.32. The maximum atomic E-state index is 12.3. The van der Waals surface area contributed by atoms with Crippen LogP contribution in [0.15, 0.2) is 12.3 Å². The Morgan fingerprint density at radius 2 is 2.19 bits per heavy atom. The third kappa shape index (κ3) is 3.52. The second kappa shape index (κ2) is 5.34. The van der Waals surface area contributed by atoms with Crippen molar-refractivity contribution in [3.8, 4) is 0 Å². The molecular formula is C10H16F3N3. The minimum Gasteiger partial charge on any atom is -0.315 e. The summed E-state index contributed by atoms with van der Waals surface area (Å²) >= 11 is 0. The monoisotopic (exact) mass is 235 g/mol. The molecule has 1 rings (SSSR count). The lowest BCUT2D eigenvalue weighted by atomic mass is 10.3. The third-order valence-corrected chi connectivity index (χ3v) is 2.22. The molecule has 0 fully saturated rings. The summed E-state index contributed by atoms with van der Waals surface area (Å²) in [7, 11) is 0. The molecule has 92 valence electrons. The Balaban J connectivity index is 2.56. The number of hydrogen-bond acceptors (Lipinski definition) is 2. The van der Waals surface area contributed by atoms with Gasteiger partial charge in [0.25, 0.3) is 0 Å². The molecule has 0 saturated carbocycles. The molecule has 0 radical (unpaired) electrons. The van der Waals surface area contributed by atoms with Crippen LogP contribution in [0.25, 0.3) is 0 Å². The van der Waals surface area contributed by atoms with Gasteiger partial charge in [-0.05, 0) is 26.0 Å². The summed E-state index contributed by atoms with van der Waals surface area (Å²) in [6.45, 7) is 5.34. The largest absolute Gasteiger partial charge is 0.435 e. The average Bonchev–Trinajstić information content (AvgIpc) is 2.66. The number of alkyl halides is 3. The molecule has 1 heterocycles. The van der Waals surface area contributed by atoms with Crippen LogP contribution in [0, 0.1) is 0 Å². The lowest BCUT2D eigenvalue weighted by Gasteiger charge is -2.12. The van der Waals surface area contributed by atoms with Crippen LogP contribution in [0.5, 0.6) is 0 Å². The second-order valence-corrected chi connectivity index (χ2v) is 3.73. The molecule has 0 amide bonds. The minimum atomic E-state index is -4.36. The van der Waals surface area contributed by atoms with Crippen LogP contribution in [-0.4, -0.2) is 22.9 Å². The normalized spacial score (nSPS) is 14.1.